The van der Waals surface area contributed by atoms with Gasteiger partial charge in [0.1, 0.15) is 0 Å². The lowest BCUT2D eigenvalue weighted by atomic mass is 9.95. The minimum atomic E-state index is 0.270. The highest BCUT2D eigenvalue weighted by atomic mass is 16.2. The molecule has 0 spiro atoms. The molecule has 3 heteroatoms. The standard InChI is InChI=1S/C12H22N2O/c1-3-8-14(4-2)12(15)9-11-6-5-7-13-10-11/h3,11,13H,1,4-10H2,2H3. The van der Waals surface area contributed by atoms with Crippen molar-refractivity contribution in [3.05, 3.63) is 12.7 Å². The Morgan fingerprint density at radius 2 is 2.47 bits per heavy atom. The maximum Gasteiger partial charge on any atom is 0.223 e. The van der Waals surface area contributed by atoms with Crippen LogP contribution in [0.25, 0.3) is 0 Å². The molecule has 1 rings (SSSR count). The quantitative estimate of drug-likeness (QED) is 0.696. The maximum absolute atomic E-state index is 11.9. The van der Waals surface area contributed by atoms with Gasteiger partial charge in [0, 0.05) is 19.5 Å². The maximum atomic E-state index is 11.9. The Hall–Kier alpha value is -0.830. The lowest BCUT2D eigenvalue weighted by Gasteiger charge is -2.25. The topological polar surface area (TPSA) is 32.3 Å². The van der Waals surface area contributed by atoms with Crippen molar-refractivity contribution in [1.29, 1.82) is 0 Å². The first-order valence-electron chi connectivity index (χ1n) is 5.87. The van der Waals surface area contributed by atoms with E-state index in [2.05, 4.69) is 11.9 Å². The summed E-state index contributed by atoms with van der Waals surface area (Å²) in [5.74, 6) is 0.802. The average molecular weight is 210 g/mol. The van der Waals surface area contributed by atoms with Crippen molar-refractivity contribution >= 4 is 5.91 Å². The zero-order valence-corrected chi connectivity index (χ0v) is 9.67. The highest BCUT2D eigenvalue weighted by Crippen LogP contribution is 2.15. The van der Waals surface area contributed by atoms with Gasteiger partial charge >= 0.3 is 0 Å². The van der Waals surface area contributed by atoms with E-state index in [9.17, 15) is 4.79 Å². The van der Waals surface area contributed by atoms with Crippen LogP contribution in [0.2, 0.25) is 0 Å². The molecular weight excluding hydrogens is 188 g/mol. The van der Waals surface area contributed by atoms with E-state index in [4.69, 9.17) is 0 Å². The number of nitrogens with one attached hydrogen (secondary N) is 1. The van der Waals surface area contributed by atoms with Crippen molar-refractivity contribution < 1.29 is 4.79 Å². The van der Waals surface area contributed by atoms with E-state index in [0.29, 0.717) is 18.9 Å². The smallest absolute Gasteiger partial charge is 0.223 e. The zero-order valence-electron chi connectivity index (χ0n) is 9.67. The number of hydrogen-bond donors (Lipinski definition) is 1. The first kappa shape index (κ1) is 12.2. The summed E-state index contributed by atoms with van der Waals surface area (Å²) in [6.45, 7) is 9.25. The van der Waals surface area contributed by atoms with Crippen molar-refractivity contribution in [1.82, 2.24) is 10.2 Å². The number of piperidine rings is 1. The number of carbonyl (C=O) groups excluding carboxylic acids is 1. The van der Waals surface area contributed by atoms with E-state index in [-0.39, 0.29) is 5.91 Å². The Morgan fingerprint density at radius 1 is 1.67 bits per heavy atom. The number of nitrogens with zero attached hydrogens (tertiary/aromatic N) is 1. The fraction of sp³-hybridized carbons (Fsp3) is 0.750. The molecule has 15 heavy (non-hydrogen) atoms. The monoisotopic (exact) mass is 210 g/mol. The summed E-state index contributed by atoms with van der Waals surface area (Å²) in [6.07, 6.45) is 4.87. The van der Waals surface area contributed by atoms with Gasteiger partial charge in [-0.15, -0.1) is 6.58 Å². The number of amides is 1. The molecule has 1 amide bonds. The van der Waals surface area contributed by atoms with Crippen LogP contribution < -0.4 is 5.32 Å². The van der Waals surface area contributed by atoms with Gasteiger partial charge in [0.05, 0.1) is 0 Å². The molecule has 1 saturated heterocycles. The predicted octanol–water partition coefficient (Wildman–Crippen LogP) is 1.41. The predicted molar refractivity (Wildman–Crippen MR) is 62.7 cm³/mol. The molecule has 1 N–H and O–H groups in total. The first-order valence-corrected chi connectivity index (χ1v) is 5.87. The lowest BCUT2D eigenvalue weighted by molar-refractivity contribution is -0.131. The molecular formula is C12H22N2O. The van der Waals surface area contributed by atoms with Gasteiger partial charge in [-0.3, -0.25) is 4.79 Å². The van der Waals surface area contributed by atoms with E-state index in [1.165, 1.54) is 12.8 Å². The fourth-order valence-electron chi connectivity index (χ4n) is 2.04. The second-order valence-electron chi connectivity index (χ2n) is 4.14. The van der Waals surface area contributed by atoms with Crippen LogP contribution >= 0.6 is 0 Å². The first-order chi connectivity index (χ1) is 7.27. The summed E-state index contributed by atoms with van der Waals surface area (Å²) in [6, 6.07) is 0. The van der Waals surface area contributed by atoms with Gasteiger partial charge in [-0.1, -0.05) is 6.08 Å². The molecule has 1 heterocycles. The normalized spacial score (nSPS) is 21.0. The Morgan fingerprint density at radius 3 is 3.00 bits per heavy atom. The third-order valence-electron chi connectivity index (χ3n) is 2.95. The van der Waals surface area contributed by atoms with Crippen LogP contribution in [0.1, 0.15) is 26.2 Å². The van der Waals surface area contributed by atoms with Gasteiger partial charge in [0.25, 0.3) is 0 Å². The molecule has 1 atom stereocenters. The summed E-state index contributed by atoms with van der Waals surface area (Å²) in [5, 5.41) is 3.34. The van der Waals surface area contributed by atoms with Crippen molar-refractivity contribution in [2.24, 2.45) is 5.92 Å². The molecule has 0 aromatic carbocycles. The van der Waals surface area contributed by atoms with Crippen LogP contribution in [0.4, 0.5) is 0 Å². The number of hydrogen-bond acceptors (Lipinski definition) is 2. The van der Waals surface area contributed by atoms with Crippen LogP contribution in [0.3, 0.4) is 0 Å². The van der Waals surface area contributed by atoms with E-state index in [0.717, 1.165) is 19.6 Å². The van der Waals surface area contributed by atoms with Gasteiger partial charge in [-0.05, 0) is 38.8 Å². The highest BCUT2D eigenvalue weighted by molar-refractivity contribution is 5.76. The van der Waals surface area contributed by atoms with Crippen molar-refractivity contribution in [2.45, 2.75) is 26.2 Å². The summed E-state index contributed by atoms with van der Waals surface area (Å²) in [7, 11) is 0. The van der Waals surface area contributed by atoms with Crippen molar-refractivity contribution in [3.63, 3.8) is 0 Å². The molecule has 0 bridgehead atoms. The van der Waals surface area contributed by atoms with Crippen LogP contribution in [0.5, 0.6) is 0 Å². The molecule has 0 aromatic heterocycles. The molecule has 86 valence electrons. The van der Waals surface area contributed by atoms with Crippen molar-refractivity contribution in [2.75, 3.05) is 26.2 Å². The largest absolute Gasteiger partial charge is 0.339 e. The third kappa shape index (κ3) is 4.04. The van der Waals surface area contributed by atoms with Crippen LogP contribution in [-0.4, -0.2) is 37.0 Å². The van der Waals surface area contributed by atoms with E-state index >= 15 is 0 Å². The molecule has 0 aliphatic carbocycles. The second kappa shape index (κ2) is 6.62. The Balaban J connectivity index is 2.34. The van der Waals surface area contributed by atoms with Gasteiger partial charge in [0.2, 0.25) is 5.91 Å². The minimum Gasteiger partial charge on any atom is -0.339 e. The highest BCUT2D eigenvalue weighted by Gasteiger charge is 2.19. The van der Waals surface area contributed by atoms with Crippen LogP contribution in [0.15, 0.2) is 12.7 Å². The molecule has 1 aliphatic rings. The second-order valence-corrected chi connectivity index (χ2v) is 4.14. The third-order valence-corrected chi connectivity index (χ3v) is 2.95. The van der Waals surface area contributed by atoms with E-state index in [1.807, 2.05) is 11.8 Å². The summed E-state index contributed by atoms with van der Waals surface area (Å²) in [5.41, 5.74) is 0. The van der Waals surface area contributed by atoms with Gasteiger partial charge < -0.3 is 10.2 Å². The molecule has 0 saturated carbocycles. The molecule has 1 fully saturated rings. The SMILES string of the molecule is C=CCN(CC)C(=O)CC1CCCNC1. The van der Waals surface area contributed by atoms with Gasteiger partial charge in [-0.2, -0.15) is 0 Å². The summed E-state index contributed by atoms with van der Waals surface area (Å²) >= 11 is 0. The number of rotatable bonds is 5. The Labute approximate surface area is 92.5 Å². The fourth-order valence-corrected chi connectivity index (χ4v) is 2.04. The average Bonchev–Trinajstić information content (AvgIpc) is 2.27. The van der Waals surface area contributed by atoms with Gasteiger partial charge in [-0.25, -0.2) is 0 Å². The van der Waals surface area contributed by atoms with E-state index in [1.54, 1.807) is 6.08 Å². The molecule has 1 unspecified atom stereocenters. The minimum absolute atomic E-state index is 0.270. The van der Waals surface area contributed by atoms with Crippen LogP contribution in [0, 0.1) is 5.92 Å². The Kier molecular flexibility index (Phi) is 5.40. The number of likely N-dealkylation sites (N-methyl/N-ethyl adjacent to an activating group) is 1. The Bertz CT molecular complexity index is 210. The molecule has 1 aliphatic heterocycles. The molecule has 0 radical (unpaired) electrons. The van der Waals surface area contributed by atoms with Crippen molar-refractivity contribution in [3.8, 4) is 0 Å². The number of carbonyl (C=O) groups is 1. The zero-order chi connectivity index (χ0) is 11.1. The summed E-state index contributed by atoms with van der Waals surface area (Å²) in [4.78, 5) is 13.7. The molecule has 0 aromatic rings. The summed E-state index contributed by atoms with van der Waals surface area (Å²) < 4.78 is 0. The molecule has 3 nitrogen and oxygen atoms in total. The van der Waals surface area contributed by atoms with Gasteiger partial charge in [0.15, 0.2) is 0 Å². The van der Waals surface area contributed by atoms with Crippen LogP contribution in [-0.2, 0) is 4.79 Å². The lowest BCUT2D eigenvalue weighted by Crippen LogP contribution is -2.36. The van der Waals surface area contributed by atoms with E-state index < -0.39 is 0 Å².